The molecule has 2 amide bonds. The van der Waals surface area contributed by atoms with E-state index in [-0.39, 0.29) is 30.6 Å². The van der Waals surface area contributed by atoms with Gasteiger partial charge in [-0.2, -0.15) is 5.10 Å². The molecule has 0 aliphatic carbocycles. The van der Waals surface area contributed by atoms with Gasteiger partial charge in [-0.25, -0.2) is 4.39 Å². The van der Waals surface area contributed by atoms with Crippen LogP contribution < -0.4 is 10.2 Å². The van der Waals surface area contributed by atoms with Crippen LogP contribution in [0.3, 0.4) is 0 Å². The summed E-state index contributed by atoms with van der Waals surface area (Å²) in [7, 11) is 0. The van der Waals surface area contributed by atoms with Gasteiger partial charge in [-0.3, -0.25) is 14.7 Å². The summed E-state index contributed by atoms with van der Waals surface area (Å²) in [4.78, 5) is 25.6. The van der Waals surface area contributed by atoms with Crippen LogP contribution in [0.25, 0.3) is 0 Å². The monoisotopic (exact) mass is 288 g/mol. The first-order chi connectivity index (χ1) is 10.1. The molecule has 1 aromatic heterocycles. The van der Waals surface area contributed by atoms with Gasteiger partial charge in [-0.15, -0.1) is 0 Å². The van der Waals surface area contributed by atoms with Gasteiger partial charge in [0.1, 0.15) is 11.6 Å². The molecule has 2 N–H and O–H groups in total. The minimum Gasteiger partial charge on any atom is -0.312 e. The van der Waals surface area contributed by atoms with Crippen molar-refractivity contribution in [2.45, 2.75) is 6.42 Å². The highest BCUT2D eigenvalue weighted by atomic mass is 19.1. The quantitative estimate of drug-likeness (QED) is 0.899. The van der Waals surface area contributed by atoms with Crippen molar-refractivity contribution in [3.63, 3.8) is 0 Å². The molecule has 108 valence electrons. The standard InChI is InChI=1S/C14H13FN4O2/c15-10-1-3-11(4-2-10)19-8-9(7-13(19)20)14(21)17-12-5-6-16-18-12/h1-6,9H,7-8H2,(H2,16,17,18,21). The van der Waals surface area contributed by atoms with Crippen molar-refractivity contribution in [2.24, 2.45) is 5.92 Å². The number of hydrogen-bond acceptors (Lipinski definition) is 3. The third-order valence-corrected chi connectivity index (χ3v) is 3.39. The number of aromatic amines is 1. The third-order valence-electron chi connectivity index (χ3n) is 3.39. The van der Waals surface area contributed by atoms with Crippen molar-refractivity contribution in [1.82, 2.24) is 10.2 Å². The highest BCUT2D eigenvalue weighted by Crippen LogP contribution is 2.26. The zero-order valence-electron chi connectivity index (χ0n) is 11.0. The molecular weight excluding hydrogens is 275 g/mol. The predicted molar refractivity (Wildman–Crippen MR) is 74.1 cm³/mol. The van der Waals surface area contributed by atoms with Crippen molar-refractivity contribution < 1.29 is 14.0 Å². The molecule has 1 aromatic carbocycles. The van der Waals surface area contributed by atoms with E-state index in [1.165, 1.54) is 35.4 Å². The molecule has 2 heterocycles. The summed E-state index contributed by atoms with van der Waals surface area (Å²) in [5.74, 6) is -0.693. The number of hydrogen-bond donors (Lipinski definition) is 2. The molecule has 0 bridgehead atoms. The Kier molecular flexibility index (Phi) is 3.39. The molecule has 6 nitrogen and oxygen atoms in total. The molecule has 7 heteroatoms. The number of aromatic nitrogens is 2. The van der Waals surface area contributed by atoms with Gasteiger partial charge in [-0.1, -0.05) is 0 Å². The van der Waals surface area contributed by atoms with E-state index in [1.807, 2.05) is 0 Å². The normalized spacial score (nSPS) is 18.0. The molecule has 0 spiro atoms. The number of rotatable bonds is 3. The number of carbonyl (C=O) groups excluding carboxylic acids is 2. The topological polar surface area (TPSA) is 78.1 Å². The molecule has 21 heavy (non-hydrogen) atoms. The number of nitrogens with one attached hydrogen (secondary N) is 2. The van der Waals surface area contributed by atoms with E-state index in [9.17, 15) is 14.0 Å². The zero-order chi connectivity index (χ0) is 14.8. The second-order valence-corrected chi connectivity index (χ2v) is 4.84. The molecule has 0 radical (unpaired) electrons. The Morgan fingerprint density at radius 2 is 2.10 bits per heavy atom. The molecule has 1 saturated heterocycles. The van der Waals surface area contributed by atoms with Crippen LogP contribution >= 0.6 is 0 Å². The summed E-state index contributed by atoms with van der Waals surface area (Å²) in [6.45, 7) is 0.282. The van der Waals surface area contributed by atoms with E-state index >= 15 is 0 Å². The Morgan fingerprint density at radius 1 is 1.33 bits per heavy atom. The van der Waals surface area contributed by atoms with Crippen LogP contribution in [0.1, 0.15) is 6.42 Å². The van der Waals surface area contributed by atoms with E-state index in [2.05, 4.69) is 15.5 Å². The first-order valence-corrected chi connectivity index (χ1v) is 6.49. The Balaban J connectivity index is 1.69. The number of nitrogens with zero attached hydrogens (tertiary/aromatic N) is 2. The van der Waals surface area contributed by atoms with Crippen molar-refractivity contribution >= 4 is 23.3 Å². The first-order valence-electron chi connectivity index (χ1n) is 6.49. The van der Waals surface area contributed by atoms with E-state index in [4.69, 9.17) is 0 Å². The summed E-state index contributed by atoms with van der Waals surface area (Å²) >= 11 is 0. The van der Waals surface area contributed by atoms with E-state index in [0.29, 0.717) is 11.5 Å². The van der Waals surface area contributed by atoms with Gasteiger partial charge in [0.05, 0.1) is 12.1 Å². The summed E-state index contributed by atoms with van der Waals surface area (Å²) in [5, 5.41) is 9.03. The fourth-order valence-corrected chi connectivity index (χ4v) is 2.31. The SMILES string of the molecule is O=C(Nc1ccn[nH]1)C1CC(=O)N(c2ccc(F)cc2)C1. The summed E-state index contributed by atoms with van der Waals surface area (Å²) < 4.78 is 12.9. The molecule has 1 aliphatic heterocycles. The lowest BCUT2D eigenvalue weighted by molar-refractivity contribution is -0.122. The number of benzene rings is 1. The molecular formula is C14H13FN4O2. The molecule has 1 unspecified atom stereocenters. The lowest BCUT2D eigenvalue weighted by atomic mass is 10.1. The lowest BCUT2D eigenvalue weighted by Gasteiger charge is -2.16. The number of anilines is 2. The summed E-state index contributed by atoms with van der Waals surface area (Å²) in [6, 6.07) is 7.28. The van der Waals surface area contributed by atoms with Crippen molar-refractivity contribution in [3.05, 3.63) is 42.3 Å². The average molecular weight is 288 g/mol. The van der Waals surface area contributed by atoms with E-state index in [0.717, 1.165) is 0 Å². The summed E-state index contributed by atoms with van der Waals surface area (Å²) in [6.07, 6.45) is 1.66. The zero-order valence-corrected chi connectivity index (χ0v) is 11.0. The maximum absolute atomic E-state index is 12.9. The van der Waals surface area contributed by atoms with E-state index < -0.39 is 5.92 Å². The number of halogens is 1. The molecule has 1 aliphatic rings. The summed E-state index contributed by atoms with van der Waals surface area (Å²) in [5.41, 5.74) is 0.596. The lowest BCUT2D eigenvalue weighted by Crippen LogP contribution is -2.28. The highest BCUT2D eigenvalue weighted by molar-refractivity contribution is 6.03. The largest absolute Gasteiger partial charge is 0.312 e. The third kappa shape index (κ3) is 2.76. The molecule has 0 saturated carbocycles. The highest BCUT2D eigenvalue weighted by Gasteiger charge is 2.35. The number of amides is 2. The minimum atomic E-state index is -0.439. The van der Waals surface area contributed by atoms with Crippen LogP contribution in [-0.2, 0) is 9.59 Å². The molecule has 3 rings (SSSR count). The van der Waals surface area contributed by atoms with Crippen molar-refractivity contribution in [3.8, 4) is 0 Å². The van der Waals surface area contributed by atoms with Gasteiger partial charge in [0.2, 0.25) is 11.8 Å². The van der Waals surface area contributed by atoms with E-state index in [1.54, 1.807) is 6.07 Å². The predicted octanol–water partition coefficient (Wildman–Crippen LogP) is 1.54. The van der Waals surface area contributed by atoms with Gasteiger partial charge >= 0.3 is 0 Å². The maximum Gasteiger partial charge on any atom is 0.230 e. The molecule has 1 fully saturated rings. The van der Waals surface area contributed by atoms with Crippen LogP contribution in [0.5, 0.6) is 0 Å². The second kappa shape index (κ2) is 5.35. The van der Waals surface area contributed by atoms with Gasteiger partial charge in [0.15, 0.2) is 0 Å². The van der Waals surface area contributed by atoms with Gasteiger partial charge in [0.25, 0.3) is 0 Å². The van der Waals surface area contributed by atoms with Gasteiger partial charge in [0, 0.05) is 24.7 Å². The van der Waals surface area contributed by atoms with Crippen molar-refractivity contribution in [1.29, 1.82) is 0 Å². The molecule has 2 aromatic rings. The Hall–Kier alpha value is -2.70. The van der Waals surface area contributed by atoms with Crippen LogP contribution in [-0.4, -0.2) is 28.6 Å². The number of carbonyl (C=O) groups is 2. The maximum atomic E-state index is 12.9. The molecule has 1 atom stereocenters. The van der Waals surface area contributed by atoms with Gasteiger partial charge < -0.3 is 10.2 Å². The average Bonchev–Trinajstić information content (AvgIpc) is 3.09. The Morgan fingerprint density at radius 3 is 2.76 bits per heavy atom. The Labute approximate surface area is 120 Å². The van der Waals surface area contributed by atoms with Crippen LogP contribution in [0.4, 0.5) is 15.9 Å². The Bertz CT molecular complexity index is 654. The fraction of sp³-hybridized carbons (Fsp3) is 0.214. The fourth-order valence-electron chi connectivity index (χ4n) is 2.31. The van der Waals surface area contributed by atoms with Crippen molar-refractivity contribution in [2.75, 3.05) is 16.8 Å². The van der Waals surface area contributed by atoms with Crippen LogP contribution in [0, 0.1) is 11.7 Å². The number of H-pyrrole nitrogens is 1. The minimum absolute atomic E-state index is 0.136. The first kappa shape index (κ1) is 13.3. The van der Waals surface area contributed by atoms with Crippen LogP contribution in [0.15, 0.2) is 36.5 Å². The van der Waals surface area contributed by atoms with Crippen LogP contribution in [0.2, 0.25) is 0 Å². The second-order valence-electron chi connectivity index (χ2n) is 4.84. The smallest absolute Gasteiger partial charge is 0.230 e. The van der Waals surface area contributed by atoms with Gasteiger partial charge in [-0.05, 0) is 24.3 Å².